The zero-order valence-electron chi connectivity index (χ0n) is 16.7. The number of aryl methyl sites for hydroxylation is 2. The van der Waals surface area contributed by atoms with Crippen LogP contribution in [-0.4, -0.2) is 32.6 Å². The van der Waals surface area contributed by atoms with Gasteiger partial charge in [-0.05, 0) is 42.7 Å². The average molecular weight is 382 g/mol. The van der Waals surface area contributed by atoms with Gasteiger partial charge < -0.3 is 19.7 Å². The number of nitrogens with one attached hydrogen (secondary N) is 1. The molecule has 0 spiro atoms. The Morgan fingerprint density at radius 2 is 1.79 bits per heavy atom. The van der Waals surface area contributed by atoms with Crippen molar-refractivity contribution < 1.29 is 19.1 Å². The van der Waals surface area contributed by atoms with Gasteiger partial charge in [-0.1, -0.05) is 19.1 Å². The van der Waals surface area contributed by atoms with Gasteiger partial charge in [-0.25, -0.2) is 0 Å². The molecule has 0 aromatic heterocycles. The molecule has 2 aromatic carbocycles. The van der Waals surface area contributed by atoms with E-state index in [4.69, 9.17) is 9.47 Å². The van der Waals surface area contributed by atoms with E-state index in [-0.39, 0.29) is 18.2 Å². The molecule has 1 atom stereocenters. The Hall–Kier alpha value is -3.02. The zero-order valence-corrected chi connectivity index (χ0v) is 16.7. The highest BCUT2D eigenvalue weighted by Gasteiger charge is 2.35. The van der Waals surface area contributed by atoms with E-state index in [1.165, 1.54) is 5.56 Å². The van der Waals surface area contributed by atoms with Gasteiger partial charge in [0.2, 0.25) is 11.8 Å². The van der Waals surface area contributed by atoms with Crippen molar-refractivity contribution in [2.45, 2.75) is 26.7 Å². The largest absolute Gasteiger partial charge is 0.493 e. The summed E-state index contributed by atoms with van der Waals surface area (Å²) in [5, 5.41) is 2.94. The van der Waals surface area contributed by atoms with Crippen molar-refractivity contribution >= 4 is 23.2 Å². The van der Waals surface area contributed by atoms with Crippen molar-refractivity contribution in [1.29, 1.82) is 0 Å². The van der Waals surface area contributed by atoms with E-state index in [1.807, 2.05) is 37.3 Å². The summed E-state index contributed by atoms with van der Waals surface area (Å²) < 4.78 is 10.6. The first-order valence-corrected chi connectivity index (χ1v) is 9.39. The van der Waals surface area contributed by atoms with Crippen LogP contribution in [0, 0.1) is 12.8 Å². The molecule has 148 valence electrons. The fourth-order valence-corrected chi connectivity index (χ4v) is 3.39. The molecule has 3 rings (SSSR count). The Labute approximate surface area is 165 Å². The molecule has 0 unspecified atom stereocenters. The Morgan fingerprint density at radius 1 is 1.14 bits per heavy atom. The molecule has 0 saturated carbocycles. The predicted octanol–water partition coefficient (Wildman–Crippen LogP) is 3.57. The minimum atomic E-state index is -0.397. The van der Waals surface area contributed by atoms with Crippen molar-refractivity contribution in [3.05, 3.63) is 47.5 Å². The number of anilines is 2. The summed E-state index contributed by atoms with van der Waals surface area (Å²) in [6.07, 6.45) is 1.15. The first kappa shape index (κ1) is 19.7. The van der Waals surface area contributed by atoms with Crippen LogP contribution in [0.5, 0.6) is 11.5 Å². The lowest BCUT2D eigenvalue weighted by Gasteiger charge is -2.18. The van der Waals surface area contributed by atoms with Crippen LogP contribution in [0.2, 0.25) is 0 Å². The highest BCUT2D eigenvalue weighted by Crippen LogP contribution is 2.34. The maximum Gasteiger partial charge on any atom is 0.229 e. The minimum Gasteiger partial charge on any atom is -0.493 e. The van der Waals surface area contributed by atoms with Crippen molar-refractivity contribution in [3.8, 4) is 11.5 Å². The summed E-state index contributed by atoms with van der Waals surface area (Å²) in [7, 11) is 3.12. The second-order valence-corrected chi connectivity index (χ2v) is 6.94. The third-order valence-corrected chi connectivity index (χ3v) is 5.14. The Bertz CT molecular complexity index is 877. The van der Waals surface area contributed by atoms with E-state index in [9.17, 15) is 9.59 Å². The van der Waals surface area contributed by atoms with Gasteiger partial charge in [0.05, 0.1) is 20.1 Å². The summed E-state index contributed by atoms with van der Waals surface area (Å²) in [5.41, 5.74) is 3.57. The number of hydrogen-bond acceptors (Lipinski definition) is 4. The second-order valence-electron chi connectivity index (χ2n) is 6.94. The van der Waals surface area contributed by atoms with Crippen LogP contribution in [0.25, 0.3) is 0 Å². The number of rotatable bonds is 6. The molecule has 0 radical (unpaired) electrons. The van der Waals surface area contributed by atoms with Crippen LogP contribution >= 0.6 is 0 Å². The fraction of sp³-hybridized carbons (Fsp3) is 0.364. The summed E-state index contributed by atoms with van der Waals surface area (Å²) >= 11 is 0. The van der Waals surface area contributed by atoms with Crippen LogP contribution in [0.15, 0.2) is 36.4 Å². The molecular weight excluding hydrogens is 356 g/mol. The first-order chi connectivity index (χ1) is 13.5. The van der Waals surface area contributed by atoms with Gasteiger partial charge in [-0.3, -0.25) is 9.59 Å². The van der Waals surface area contributed by atoms with E-state index < -0.39 is 5.92 Å². The zero-order chi connectivity index (χ0) is 20.3. The molecule has 1 heterocycles. The number of amides is 2. The molecule has 1 saturated heterocycles. The van der Waals surface area contributed by atoms with Crippen molar-refractivity contribution in [2.75, 3.05) is 31.0 Å². The van der Waals surface area contributed by atoms with Gasteiger partial charge in [-0.2, -0.15) is 0 Å². The monoisotopic (exact) mass is 382 g/mol. The van der Waals surface area contributed by atoms with Crippen LogP contribution in [-0.2, 0) is 16.0 Å². The lowest BCUT2D eigenvalue weighted by Crippen LogP contribution is -2.28. The quantitative estimate of drug-likeness (QED) is 0.829. The number of benzene rings is 2. The topological polar surface area (TPSA) is 67.9 Å². The molecule has 6 heteroatoms. The van der Waals surface area contributed by atoms with E-state index >= 15 is 0 Å². The summed E-state index contributed by atoms with van der Waals surface area (Å²) in [6, 6.07) is 11.5. The van der Waals surface area contributed by atoms with Crippen LogP contribution in [0.3, 0.4) is 0 Å². The van der Waals surface area contributed by atoms with Crippen molar-refractivity contribution in [2.24, 2.45) is 5.92 Å². The first-order valence-electron chi connectivity index (χ1n) is 9.39. The molecule has 6 nitrogen and oxygen atoms in total. The minimum absolute atomic E-state index is 0.0339. The lowest BCUT2D eigenvalue weighted by molar-refractivity contribution is -0.122. The van der Waals surface area contributed by atoms with Crippen LogP contribution in [0.1, 0.15) is 24.5 Å². The van der Waals surface area contributed by atoms with Gasteiger partial charge >= 0.3 is 0 Å². The third-order valence-electron chi connectivity index (χ3n) is 5.14. The van der Waals surface area contributed by atoms with Crippen molar-refractivity contribution in [3.63, 3.8) is 0 Å². The van der Waals surface area contributed by atoms with Gasteiger partial charge in [0.1, 0.15) is 0 Å². The van der Waals surface area contributed by atoms with E-state index in [1.54, 1.807) is 25.2 Å². The van der Waals surface area contributed by atoms with Crippen LogP contribution < -0.4 is 19.7 Å². The SMILES string of the molecule is CCc1ccc(N2C[C@@H](C(=O)Nc3cc(OC)c(OC)cc3C)CC2=O)cc1. The maximum atomic E-state index is 12.8. The number of methoxy groups -OCH3 is 2. The lowest BCUT2D eigenvalue weighted by atomic mass is 10.1. The number of nitrogens with zero attached hydrogens (tertiary/aromatic N) is 1. The summed E-state index contributed by atoms with van der Waals surface area (Å²) in [6.45, 7) is 4.36. The normalized spacial score (nSPS) is 16.2. The van der Waals surface area contributed by atoms with E-state index in [0.717, 1.165) is 17.7 Å². The standard InChI is InChI=1S/C22H26N2O4/c1-5-15-6-8-17(9-7-15)24-13-16(11-21(24)25)22(26)23-18-12-20(28-4)19(27-3)10-14(18)2/h6-10,12,16H,5,11,13H2,1-4H3,(H,23,26)/t16-/m0/s1. The van der Waals surface area contributed by atoms with E-state index in [0.29, 0.717) is 23.7 Å². The molecule has 0 bridgehead atoms. The fourth-order valence-electron chi connectivity index (χ4n) is 3.39. The van der Waals surface area contributed by atoms with E-state index in [2.05, 4.69) is 12.2 Å². The summed E-state index contributed by atoms with van der Waals surface area (Å²) in [5.74, 6) is 0.551. The van der Waals surface area contributed by atoms with Crippen molar-refractivity contribution in [1.82, 2.24) is 0 Å². The highest BCUT2D eigenvalue weighted by atomic mass is 16.5. The molecule has 2 aromatic rings. The smallest absolute Gasteiger partial charge is 0.229 e. The number of hydrogen-bond donors (Lipinski definition) is 1. The maximum absolute atomic E-state index is 12.8. The van der Waals surface area contributed by atoms with Gasteiger partial charge in [0, 0.05) is 30.4 Å². The Balaban J connectivity index is 1.72. The number of carbonyl (C=O) groups is 2. The Morgan fingerprint density at radius 3 is 2.39 bits per heavy atom. The molecule has 1 N–H and O–H groups in total. The second kappa shape index (κ2) is 8.33. The molecule has 1 aliphatic heterocycles. The average Bonchev–Trinajstić information content (AvgIpc) is 3.11. The van der Waals surface area contributed by atoms with Gasteiger partial charge in [0.15, 0.2) is 11.5 Å². The number of carbonyl (C=O) groups excluding carboxylic acids is 2. The van der Waals surface area contributed by atoms with Gasteiger partial charge in [0.25, 0.3) is 0 Å². The Kier molecular flexibility index (Phi) is 5.87. The number of ether oxygens (including phenoxy) is 2. The van der Waals surface area contributed by atoms with Crippen LogP contribution in [0.4, 0.5) is 11.4 Å². The summed E-state index contributed by atoms with van der Waals surface area (Å²) in [4.78, 5) is 26.9. The molecule has 28 heavy (non-hydrogen) atoms. The molecular formula is C22H26N2O4. The molecule has 1 fully saturated rings. The molecule has 0 aliphatic carbocycles. The third kappa shape index (κ3) is 3.96. The highest BCUT2D eigenvalue weighted by molar-refractivity contribution is 6.03. The molecule has 2 amide bonds. The van der Waals surface area contributed by atoms with Gasteiger partial charge in [-0.15, -0.1) is 0 Å². The predicted molar refractivity (Wildman–Crippen MR) is 109 cm³/mol. The molecule has 1 aliphatic rings.